The summed E-state index contributed by atoms with van der Waals surface area (Å²) in [5.41, 5.74) is 5.18. The summed E-state index contributed by atoms with van der Waals surface area (Å²) in [6.07, 6.45) is 0. The van der Waals surface area contributed by atoms with Gasteiger partial charge in [-0.1, -0.05) is 39.7 Å². The Morgan fingerprint density at radius 1 is 1.29 bits per heavy atom. The topological polar surface area (TPSA) is 61.7 Å². The molecule has 0 spiro atoms. The van der Waals surface area contributed by atoms with Crippen LogP contribution in [-0.4, -0.2) is 16.8 Å². The first-order valence-corrected chi connectivity index (χ1v) is 7.23. The van der Waals surface area contributed by atoms with Crippen LogP contribution >= 0.6 is 27.5 Å². The Hall–Kier alpha value is -1.85. The molecule has 0 bridgehead atoms. The highest BCUT2D eigenvalue weighted by atomic mass is 79.9. The molecule has 21 heavy (non-hydrogen) atoms. The number of halogens is 2. The zero-order valence-corrected chi connectivity index (χ0v) is 13.4. The first-order chi connectivity index (χ1) is 9.97. The SMILES string of the molecule is C/C(=N\Nc1ccc(Cl)c(C(=O)O)c1)c1cccc(Br)c1. The molecule has 2 aromatic rings. The summed E-state index contributed by atoms with van der Waals surface area (Å²) in [7, 11) is 0. The number of hydrogen-bond acceptors (Lipinski definition) is 3. The number of rotatable bonds is 4. The lowest BCUT2D eigenvalue weighted by atomic mass is 10.1. The maximum absolute atomic E-state index is 11.0. The largest absolute Gasteiger partial charge is 0.478 e. The molecule has 0 radical (unpaired) electrons. The Kier molecular flexibility index (Phi) is 4.98. The molecule has 0 saturated carbocycles. The number of nitrogens with zero attached hydrogens (tertiary/aromatic N) is 1. The van der Waals surface area contributed by atoms with Crippen LogP contribution in [0.3, 0.4) is 0 Å². The number of carboxylic acids is 1. The fraction of sp³-hybridized carbons (Fsp3) is 0.0667. The van der Waals surface area contributed by atoms with E-state index in [1.54, 1.807) is 6.07 Å². The van der Waals surface area contributed by atoms with Crippen molar-refractivity contribution in [3.8, 4) is 0 Å². The van der Waals surface area contributed by atoms with E-state index in [1.165, 1.54) is 12.1 Å². The molecule has 0 amide bonds. The van der Waals surface area contributed by atoms with Crippen molar-refractivity contribution in [2.24, 2.45) is 5.10 Å². The summed E-state index contributed by atoms with van der Waals surface area (Å²) < 4.78 is 0.967. The van der Waals surface area contributed by atoms with Gasteiger partial charge in [0, 0.05) is 4.47 Å². The average molecular weight is 368 g/mol. The summed E-state index contributed by atoms with van der Waals surface area (Å²) in [4.78, 5) is 11.0. The van der Waals surface area contributed by atoms with Crippen LogP contribution in [0.4, 0.5) is 5.69 Å². The zero-order chi connectivity index (χ0) is 15.4. The van der Waals surface area contributed by atoms with Crippen molar-refractivity contribution in [1.82, 2.24) is 0 Å². The third-order valence-corrected chi connectivity index (χ3v) is 3.61. The molecule has 0 atom stereocenters. The molecule has 108 valence electrons. The van der Waals surface area contributed by atoms with Crippen LogP contribution in [0.5, 0.6) is 0 Å². The van der Waals surface area contributed by atoms with Gasteiger partial charge >= 0.3 is 5.97 Å². The summed E-state index contributed by atoms with van der Waals surface area (Å²) in [5.74, 6) is -1.07. The summed E-state index contributed by atoms with van der Waals surface area (Å²) in [6, 6.07) is 12.4. The van der Waals surface area contributed by atoms with Crippen LogP contribution in [-0.2, 0) is 0 Å². The Balaban J connectivity index is 2.21. The fourth-order valence-corrected chi connectivity index (χ4v) is 2.28. The van der Waals surface area contributed by atoms with Gasteiger partial charge in [-0.15, -0.1) is 0 Å². The van der Waals surface area contributed by atoms with Crippen molar-refractivity contribution >= 4 is 44.9 Å². The van der Waals surface area contributed by atoms with E-state index in [0.29, 0.717) is 5.69 Å². The minimum atomic E-state index is -1.07. The van der Waals surface area contributed by atoms with Crippen molar-refractivity contribution in [1.29, 1.82) is 0 Å². The molecule has 0 aromatic heterocycles. The molecule has 0 aliphatic rings. The average Bonchev–Trinajstić information content (AvgIpc) is 2.45. The van der Waals surface area contributed by atoms with Gasteiger partial charge in [-0.25, -0.2) is 4.79 Å². The molecular weight excluding hydrogens is 356 g/mol. The maximum atomic E-state index is 11.0. The standard InChI is InChI=1S/C15H12BrClN2O2/c1-9(10-3-2-4-11(16)7-10)18-19-12-5-6-14(17)13(8-12)15(20)21/h2-8,19H,1H3,(H,20,21)/b18-9+. The van der Waals surface area contributed by atoms with E-state index in [9.17, 15) is 4.79 Å². The predicted molar refractivity (Wildman–Crippen MR) is 88.4 cm³/mol. The number of anilines is 1. The summed E-state index contributed by atoms with van der Waals surface area (Å²) in [6.45, 7) is 1.86. The molecule has 6 heteroatoms. The highest BCUT2D eigenvalue weighted by Crippen LogP contribution is 2.21. The van der Waals surface area contributed by atoms with Gasteiger partial charge in [-0.05, 0) is 42.8 Å². The van der Waals surface area contributed by atoms with Crippen molar-refractivity contribution < 1.29 is 9.90 Å². The van der Waals surface area contributed by atoms with Gasteiger partial charge < -0.3 is 5.11 Å². The van der Waals surface area contributed by atoms with Gasteiger partial charge in [0.25, 0.3) is 0 Å². The Labute approximate surface area is 135 Å². The molecule has 2 N–H and O–H groups in total. The molecule has 2 aromatic carbocycles. The Morgan fingerprint density at radius 2 is 2.05 bits per heavy atom. The van der Waals surface area contributed by atoms with Gasteiger partial charge in [0.1, 0.15) is 0 Å². The van der Waals surface area contributed by atoms with E-state index in [1.807, 2.05) is 31.2 Å². The quantitative estimate of drug-likeness (QED) is 0.611. The van der Waals surface area contributed by atoms with E-state index in [0.717, 1.165) is 15.7 Å². The molecule has 2 rings (SSSR count). The van der Waals surface area contributed by atoms with Crippen LogP contribution in [0.1, 0.15) is 22.8 Å². The lowest BCUT2D eigenvalue weighted by Gasteiger charge is -2.06. The van der Waals surface area contributed by atoms with Gasteiger partial charge in [0.15, 0.2) is 0 Å². The number of hydrazone groups is 1. The van der Waals surface area contributed by atoms with Crippen LogP contribution < -0.4 is 5.43 Å². The molecule has 0 fully saturated rings. The van der Waals surface area contributed by atoms with Crippen molar-refractivity contribution in [3.05, 3.63) is 63.1 Å². The Bertz CT molecular complexity index is 717. The smallest absolute Gasteiger partial charge is 0.337 e. The lowest BCUT2D eigenvalue weighted by Crippen LogP contribution is -2.02. The first kappa shape index (κ1) is 15.5. The van der Waals surface area contributed by atoms with E-state index in [-0.39, 0.29) is 10.6 Å². The minimum Gasteiger partial charge on any atom is -0.478 e. The number of carbonyl (C=O) groups is 1. The van der Waals surface area contributed by atoms with Gasteiger partial charge in [0.05, 0.1) is 22.0 Å². The van der Waals surface area contributed by atoms with E-state index in [2.05, 4.69) is 26.5 Å². The predicted octanol–water partition coefficient (Wildman–Crippen LogP) is 4.64. The molecule has 0 aliphatic carbocycles. The number of nitrogens with one attached hydrogen (secondary N) is 1. The van der Waals surface area contributed by atoms with Crippen molar-refractivity contribution in [2.45, 2.75) is 6.92 Å². The normalized spacial score (nSPS) is 11.3. The Morgan fingerprint density at radius 3 is 2.71 bits per heavy atom. The monoisotopic (exact) mass is 366 g/mol. The van der Waals surface area contributed by atoms with Gasteiger partial charge in [-0.2, -0.15) is 5.10 Å². The first-order valence-electron chi connectivity index (χ1n) is 6.06. The highest BCUT2D eigenvalue weighted by Gasteiger charge is 2.09. The van der Waals surface area contributed by atoms with Crippen LogP contribution in [0.15, 0.2) is 52.0 Å². The highest BCUT2D eigenvalue weighted by molar-refractivity contribution is 9.10. The third kappa shape index (κ3) is 4.06. The number of carboxylic acid groups (broad SMARTS) is 1. The van der Waals surface area contributed by atoms with E-state index >= 15 is 0 Å². The number of aromatic carboxylic acids is 1. The minimum absolute atomic E-state index is 0.0389. The van der Waals surface area contributed by atoms with Crippen LogP contribution in [0, 0.1) is 0 Å². The summed E-state index contributed by atoms with van der Waals surface area (Å²) >= 11 is 9.22. The molecule has 0 aliphatic heterocycles. The third-order valence-electron chi connectivity index (χ3n) is 2.79. The van der Waals surface area contributed by atoms with Gasteiger partial charge in [-0.3, -0.25) is 5.43 Å². The van der Waals surface area contributed by atoms with Crippen molar-refractivity contribution in [3.63, 3.8) is 0 Å². The second kappa shape index (κ2) is 6.74. The molecule has 0 unspecified atom stereocenters. The van der Waals surface area contributed by atoms with Crippen LogP contribution in [0.25, 0.3) is 0 Å². The molecule has 0 saturated heterocycles. The van der Waals surface area contributed by atoms with Gasteiger partial charge in [0.2, 0.25) is 0 Å². The molecule has 4 nitrogen and oxygen atoms in total. The van der Waals surface area contributed by atoms with E-state index in [4.69, 9.17) is 16.7 Å². The summed E-state index contributed by atoms with van der Waals surface area (Å²) in [5, 5.41) is 13.5. The second-order valence-electron chi connectivity index (χ2n) is 4.32. The van der Waals surface area contributed by atoms with E-state index < -0.39 is 5.97 Å². The number of benzene rings is 2. The molecular formula is C15H12BrClN2O2. The van der Waals surface area contributed by atoms with Crippen molar-refractivity contribution in [2.75, 3.05) is 5.43 Å². The fourth-order valence-electron chi connectivity index (χ4n) is 1.69. The van der Waals surface area contributed by atoms with Crippen LogP contribution in [0.2, 0.25) is 5.02 Å². The zero-order valence-electron chi connectivity index (χ0n) is 11.1. The number of hydrogen-bond donors (Lipinski definition) is 2. The maximum Gasteiger partial charge on any atom is 0.337 e. The lowest BCUT2D eigenvalue weighted by molar-refractivity contribution is 0.0697. The second-order valence-corrected chi connectivity index (χ2v) is 5.64. The molecule has 0 heterocycles.